The number of carbonyl (C=O) groups is 1. The van der Waals surface area contributed by atoms with Crippen LogP contribution in [-0.4, -0.2) is 42.6 Å². The maximum atomic E-state index is 12.4. The minimum Gasteiger partial charge on any atom is -0.369 e. The molecule has 0 aliphatic carbocycles. The summed E-state index contributed by atoms with van der Waals surface area (Å²) in [4.78, 5) is 14.3. The summed E-state index contributed by atoms with van der Waals surface area (Å²) in [5.74, 6) is 0.526. The lowest BCUT2D eigenvalue weighted by Gasteiger charge is -2.39. The Hall–Kier alpha value is -0.610. The molecule has 1 amide bonds. The van der Waals surface area contributed by atoms with E-state index >= 15 is 0 Å². The fourth-order valence-corrected chi connectivity index (χ4v) is 2.34. The molecule has 1 saturated heterocycles. The summed E-state index contributed by atoms with van der Waals surface area (Å²) >= 11 is 0. The maximum absolute atomic E-state index is 12.4. The van der Waals surface area contributed by atoms with Gasteiger partial charge < -0.3 is 15.4 Å². The van der Waals surface area contributed by atoms with Gasteiger partial charge in [-0.15, -0.1) is 0 Å². The lowest BCUT2D eigenvalue weighted by atomic mass is 9.90. The molecule has 2 N–H and O–H groups in total. The Morgan fingerprint density at radius 3 is 2.76 bits per heavy atom. The van der Waals surface area contributed by atoms with Crippen LogP contribution in [0.25, 0.3) is 0 Å². The number of rotatable bonds is 4. The molecule has 0 radical (unpaired) electrons. The van der Waals surface area contributed by atoms with Gasteiger partial charge in [0.15, 0.2) is 0 Å². The second-order valence-corrected chi connectivity index (χ2v) is 5.30. The van der Waals surface area contributed by atoms with E-state index in [4.69, 9.17) is 10.5 Å². The van der Waals surface area contributed by atoms with E-state index in [0.29, 0.717) is 12.3 Å². The number of nitrogens with zero attached hydrogens (tertiary/aromatic N) is 1. The predicted molar refractivity (Wildman–Crippen MR) is 68.7 cm³/mol. The summed E-state index contributed by atoms with van der Waals surface area (Å²) in [6.07, 6.45) is 2.86. The number of methoxy groups -OCH3 is 1. The van der Waals surface area contributed by atoms with E-state index in [-0.39, 0.29) is 11.9 Å². The summed E-state index contributed by atoms with van der Waals surface area (Å²) < 4.78 is 5.38. The SMILES string of the molecule is CCC(C)(OC)C(=O)N1CCCC(C(C)N)C1. The first-order valence-corrected chi connectivity index (χ1v) is 6.54. The molecule has 4 nitrogen and oxygen atoms in total. The fourth-order valence-electron chi connectivity index (χ4n) is 2.34. The molecule has 0 aromatic carbocycles. The number of amides is 1. The van der Waals surface area contributed by atoms with Crippen molar-refractivity contribution in [1.29, 1.82) is 0 Å². The van der Waals surface area contributed by atoms with Crippen LogP contribution in [0.3, 0.4) is 0 Å². The lowest BCUT2D eigenvalue weighted by molar-refractivity contribution is -0.155. The van der Waals surface area contributed by atoms with Crippen molar-refractivity contribution in [2.24, 2.45) is 11.7 Å². The zero-order valence-electron chi connectivity index (χ0n) is 11.5. The van der Waals surface area contributed by atoms with Crippen molar-refractivity contribution in [2.45, 2.75) is 51.7 Å². The Morgan fingerprint density at radius 2 is 2.29 bits per heavy atom. The van der Waals surface area contributed by atoms with Crippen molar-refractivity contribution in [3.8, 4) is 0 Å². The number of carbonyl (C=O) groups excluding carboxylic acids is 1. The van der Waals surface area contributed by atoms with Crippen LogP contribution >= 0.6 is 0 Å². The van der Waals surface area contributed by atoms with Gasteiger partial charge >= 0.3 is 0 Å². The third kappa shape index (κ3) is 3.19. The summed E-state index contributed by atoms with van der Waals surface area (Å²) in [7, 11) is 1.61. The van der Waals surface area contributed by atoms with Crippen LogP contribution in [-0.2, 0) is 9.53 Å². The van der Waals surface area contributed by atoms with Crippen LogP contribution in [0.2, 0.25) is 0 Å². The lowest BCUT2D eigenvalue weighted by Crippen LogP contribution is -2.53. The highest BCUT2D eigenvalue weighted by molar-refractivity contribution is 5.84. The minimum absolute atomic E-state index is 0.104. The van der Waals surface area contributed by atoms with Gasteiger partial charge in [-0.1, -0.05) is 6.92 Å². The van der Waals surface area contributed by atoms with Gasteiger partial charge in [0.25, 0.3) is 5.91 Å². The average Bonchev–Trinajstić information content (AvgIpc) is 2.37. The molecule has 3 atom stereocenters. The highest BCUT2D eigenvalue weighted by atomic mass is 16.5. The number of nitrogens with two attached hydrogens (primary N) is 1. The highest BCUT2D eigenvalue weighted by Crippen LogP contribution is 2.24. The minimum atomic E-state index is -0.681. The normalized spacial score (nSPS) is 26.4. The molecule has 1 aliphatic heterocycles. The number of hydrogen-bond acceptors (Lipinski definition) is 3. The topological polar surface area (TPSA) is 55.6 Å². The monoisotopic (exact) mass is 242 g/mol. The Balaban J connectivity index is 2.69. The predicted octanol–water partition coefficient (Wildman–Crippen LogP) is 1.39. The summed E-state index contributed by atoms with van der Waals surface area (Å²) in [6.45, 7) is 7.48. The van der Waals surface area contributed by atoms with Crippen molar-refractivity contribution < 1.29 is 9.53 Å². The number of likely N-dealkylation sites (tertiary alicyclic amines) is 1. The first-order chi connectivity index (χ1) is 7.94. The largest absolute Gasteiger partial charge is 0.369 e. The third-order valence-corrected chi connectivity index (χ3v) is 4.07. The quantitative estimate of drug-likeness (QED) is 0.810. The van der Waals surface area contributed by atoms with Crippen LogP contribution in [0.15, 0.2) is 0 Å². The van der Waals surface area contributed by atoms with E-state index < -0.39 is 5.60 Å². The van der Waals surface area contributed by atoms with Crippen molar-refractivity contribution >= 4 is 5.91 Å². The van der Waals surface area contributed by atoms with Gasteiger partial charge in [-0.25, -0.2) is 0 Å². The molecule has 1 rings (SSSR count). The Labute approximate surface area is 104 Å². The van der Waals surface area contributed by atoms with Crippen LogP contribution in [0.1, 0.15) is 40.0 Å². The molecule has 0 aromatic heterocycles. The zero-order valence-corrected chi connectivity index (χ0v) is 11.5. The van der Waals surface area contributed by atoms with E-state index in [1.54, 1.807) is 7.11 Å². The molecular weight excluding hydrogens is 216 g/mol. The van der Waals surface area contributed by atoms with Crippen molar-refractivity contribution in [1.82, 2.24) is 4.90 Å². The Kier molecular flexibility index (Phi) is 4.95. The van der Waals surface area contributed by atoms with Crippen LogP contribution < -0.4 is 5.73 Å². The van der Waals surface area contributed by atoms with E-state index in [1.807, 2.05) is 25.7 Å². The molecule has 1 fully saturated rings. The molecule has 0 bridgehead atoms. The highest BCUT2D eigenvalue weighted by Gasteiger charge is 2.37. The van der Waals surface area contributed by atoms with Crippen LogP contribution in [0, 0.1) is 5.92 Å². The van der Waals surface area contributed by atoms with E-state index in [0.717, 1.165) is 25.9 Å². The zero-order chi connectivity index (χ0) is 13.1. The van der Waals surface area contributed by atoms with Crippen molar-refractivity contribution in [2.75, 3.05) is 20.2 Å². The van der Waals surface area contributed by atoms with Crippen LogP contribution in [0.5, 0.6) is 0 Å². The van der Waals surface area contributed by atoms with Gasteiger partial charge in [-0.05, 0) is 39.0 Å². The standard InChI is InChI=1S/C13H26N2O2/c1-5-13(3,17-4)12(16)15-8-6-7-11(9-15)10(2)14/h10-11H,5-9,14H2,1-4H3. The molecular formula is C13H26N2O2. The second kappa shape index (κ2) is 5.83. The van der Waals surface area contributed by atoms with Crippen molar-refractivity contribution in [3.63, 3.8) is 0 Å². The first-order valence-electron chi connectivity index (χ1n) is 6.54. The number of piperidine rings is 1. The first kappa shape index (κ1) is 14.5. The summed E-state index contributed by atoms with van der Waals surface area (Å²) in [6, 6.07) is 0.154. The fraction of sp³-hybridized carbons (Fsp3) is 0.923. The third-order valence-electron chi connectivity index (χ3n) is 4.07. The van der Waals surface area contributed by atoms with Gasteiger partial charge in [-0.3, -0.25) is 4.79 Å². The van der Waals surface area contributed by atoms with Gasteiger partial charge in [-0.2, -0.15) is 0 Å². The van der Waals surface area contributed by atoms with E-state index in [1.165, 1.54) is 0 Å². The molecule has 1 aliphatic rings. The van der Waals surface area contributed by atoms with Gasteiger partial charge in [0.2, 0.25) is 0 Å². The molecule has 0 spiro atoms. The molecule has 0 saturated carbocycles. The molecule has 4 heteroatoms. The molecule has 0 aromatic rings. The van der Waals surface area contributed by atoms with Crippen LogP contribution in [0.4, 0.5) is 0 Å². The summed E-state index contributed by atoms with van der Waals surface area (Å²) in [5, 5.41) is 0. The smallest absolute Gasteiger partial charge is 0.254 e. The molecule has 17 heavy (non-hydrogen) atoms. The van der Waals surface area contributed by atoms with Gasteiger partial charge in [0.1, 0.15) is 5.60 Å². The second-order valence-electron chi connectivity index (χ2n) is 5.30. The Bertz CT molecular complexity index is 262. The van der Waals surface area contributed by atoms with Gasteiger partial charge in [0, 0.05) is 26.2 Å². The number of hydrogen-bond donors (Lipinski definition) is 1. The summed E-state index contributed by atoms with van der Waals surface area (Å²) in [5.41, 5.74) is 5.25. The van der Waals surface area contributed by atoms with E-state index in [9.17, 15) is 4.79 Å². The molecule has 3 unspecified atom stereocenters. The van der Waals surface area contributed by atoms with E-state index in [2.05, 4.69) is 0 Å². The van der Waals surface area contributed by atoms with Crippen molar-refractivity contribution in [3.05, 3.63) is 0 Å². The molecule has 100 valence electrons. The average molecular weight is 242 g/mol. The Morgan fingerprint density at radius 1 is 1.65 bits per heavy atom. The maximum Gasteiger partial charge on any atom is 0.254 e. The molecule has 1 heterocycles. The number of ether oxygens (including phenoxy) is 1. The van der Waals surface area contributed by atoms with Gasteiger partial charge in [0.05, 0.1) is 0 Å².